The Labute approximate surface area is 97.5 Å². The molecule has 2 rings (SSSR count). The maximum absolute atomic E-state index is 13.5. The van der Waals surface area contributed by atoms with Crippen molar-refractivity contribution in [1.29, 1.82) is 0 Å². The average Bonchev–Trinajstić information content (AvgIpc) is 2.76. The lowest BCUT2D eigenvalue weighted by atomic mass is 10.0. The predicted molar refractivity (Wildman–Crippen MR) is 58.5 cm³/mol. The van der Waals surface area contributed by atoms with E-state index in [9.17, 15) is 13.9 Å². The molecule has 0 radical (unpaired) electrons. The maximum atomic E-state index is 13.5. The third-order valence-corrected chi connectivity index (χ3v) is 2.65. The molecule has 17 heavy (non-hydrogen) atoms. The molecule has 0 spiro atoms. The van der Waals surface area contributed by atoms with Crippen molar-refractivity contribution in [2.75, 3.05) is 0 Å². The van der Waals surface area contributed by atoms with Crippen molar-refractivity contribution in [2.45, 2.75) is 19.4 Å². The van der Waals surface area contributed by atoms with Crippen LogP contribution >= 0.6 is 0 Å². The third kappa shape index (κ3) is 2.22. The van der Waals surface area contributed by atoms with Gasteiger partial charge in [0.2, 0.25) is 0 Å². The molecule has 2 nitrogen and oxygen atoms in total. The Morgan fingerprint density at radius 2 is 2.00 bits per heavy atom. The molecule has 0 bridgehead atoms. The second-order valence-corrected chi connectivity index (χ2v) is 3.72. The molecule has 0 fully saturated rings. The number of furan rings is 1. The summed E-state index contributed by atoms with van der Waals surface area (Å²) < 4.78 is 31.4. The predicted octanol–water partition coefficient (Wildman–Crippen LogP) is 3.20. The van der Waals surface area contributed by atoms with Gasteiger partial charge in [0, 0.05) is 23.6 Å². The Morgan fingerprint density at radius 1 is 1.24 bits per heavy atom. The fourth-order valence-electron chi connectivity index (χ4n) is 1.77. The molecular weight excluding hydrogens is 226 g/mol. The lowest BCUT2D eigenvalue weighted by molar-refractivity contribution is 0.212. The molecule has 1 atom stereocenters. The topological polar surface area (TPSA) is 33.4 Å². The molecule has 1 N–H and O–H groups in total. The molecule has 0 saturated carbocycles. The summed E-state index contributed by atoms with van der Waals surface area (Å²) in [5, 5.41) is 10.0. The molecule has 4 heteroatoms. The molecule has 1 heterocycles. The van der Waals surface area contributed by atoms with Crippen LogP contribution in [-0.4, -0.2) is 5.11 Å². The van der Waals surface area contributed by atoms with Crippen LogP contribution in [-0.2, 0) is 6.42 Å². The summed E-state index contributed by atoms with van der Waals surface area (Å²) in [6.07, 6.45) is 0.908. The van der Waals surface area contributed by atoms with Crippen LogP contribution in [0, 0.1) is 11.6 Å². The first-order valence-electron chi connectivity index (χ1n) is 5.32. The highest BCUT2D eigenvalue weighted by Gasteiger charge is 2.19. The van der Waals surface area contributed by atoms with Crippen molar-refractivity contribution in [3.63, 3.8) is 0 Å². The Morgan fingerprint density at radius 3 is 2.65 bits per heavy atom. The normalized spacial score (nSPS) is 12.7. The number of aryl methyl sites for hydroxylation is 1. The number of rotatable bonds is 3. The Kier molecular flexibility index (Phi) is 3.24. The molecule has 1 unspecified atom stereocenters. The van der Waals surface area contributed by atoms with Crippen molar-refractivity contribution < 1.29 is 18.3 Å². The highest BCUT2D eigenvalue weighted by atomic mass is 19.1. The summed E-state index contributed by atoms with van der Waals surface area (Å²) in [4.78, 5) is 0. The van der Waals surface area contributed by atoms with Gasteiger partial charge >= 0.3 is 0 Å². The van der Waals surface area contributed by atoms with Gasteiger partial charge in [0.05, 0.1) is 6.26 Å². The smallest absolute Gasteiger partial charge is 0.132 e. The fourth-order valence-corrected chi connectivity index (χ4v) is 1.77. The van der Waals surface area contributed by atoms with Crippen molar-refractivity contribution >= 4 is 0 Å². The molecule has 0 aliphatic rings. The molecule has 1 aromatic heterocycles. The Balaban J connectivity index is 2.40. The van der Waals surface area contributed by atoms with Crippen molar-refractivity contribution in [3.8, 4) is 0 Å². The van der Waals surface area contributed by atoms with E-state index >= 15 is 0 Å². The number of halogens is 2. The first kappa shape index (κ1) is 11.8. The van der Waals surface area contributed by atoms with E-state index in [0.717, 1.165) is 12.1 Å². The van der Waals surface area contributed by atoms with Crippen LogP contribution in [0.4, 0.5) is 8.78 Å². The molecule has 0 amide bonds. The summed E-state index contributed by atoms with van der Waals surface area (Å²) >= 11 is 0. The molecule has 0 aliphatic heterocycles. The van der Waals surface area contributed by atoms with E-state index in [-0.39, 0.29) is 5.56 Å². The van der Waals surface area contributed by atoms with Gasteiger partial charge in [0.25, 0.3) is 0 Å². The van der Waals surface area contributed by atoms with Crippen molar-refractivity contribution in [2.24, 2.45) is 0 Å². The number of hydrogen-bond acceptors (Lipinski definition) is 2. The zero-order valence-corrected chi connectivity index (χ0v) is 9.28. The van der Waals surface area contributed by atoms with Crippen LogP contribution in [0.25, 0.3) is 0 Å². The van der Waals surface area contributed by atoms with E-state index in [4.69, 9.17) is 4.42 Å². The summed E-state index contributed by atoms with van der Waals surface area (Å²) in [5.41, 5.74) is 0.556. The minimum atomic E-state index is -1.13. The van der Waals surface area contributed by atoms with Crippen LogP contribution in [0.1, 0.15) is 29.9 Å². The van der Waals surface area contributed by atoms with Crippen LogP contribution in [0.15, 0.2) is 34.9 Å². The Bertz CT molecular complexity index is 520. The summed E-state index contributed by atoms with van der Waals surface area (Å²) in [5.74, 6) is -0.830. The molecule has 0 aliphatic carbocycles. The van der Waals surface area contributed by atoms with Crippen LogP contribution in [0.3, 0.4) is 0 Å². The van der Waals surface area contributed by atoms with Crippen molar-refractivity contribution in [3.05, 3.63) is 59.1 Å². The highest BCUT2D eigenvalue weighted by molar-refractivity contribution is 5.32. The zero-order chi connectivity index (χ0) is 12.4. The standard InChI is InChI=1S/C13H12F2O2/c1-2-12-10(5-6-17-12)13(16)9-4-3-8(14)7-11(9)15/h3-7,13,16H,2H2,1H3. The first-order valence-corrected chi connectivity index (χ1v) is 5.32. The fraction of sp³-hybridized carbons (Fsp3) is 0.231. The number of hydrogen-bond donors (Lipinski definition) is 1. The van der Waals surface area contributed by atoms with E-state index in [2.05, 4.69) is 0 Å². The van der Waals surface area contributed by atoms with Crippen molar-refractivity contribution in [1.82, 2.24) is 0 Å². The van der Waals surface area contributed by atoms with Gasteiger partial charge in [-0.25, -0.2) is 8.78 Å². The second-order valence-electron chi connectivity index (χ2n) is 3.72. The minimum absolute atomic E-state index is 0.0440. The zero-order valence-electron chi connectivity index (χ0n) is 9.28. The van der Waals surface area contributed by atoms with Gasteiger partial charge in [-0.3, -0.25) is 0 Å². The highest BCUT2D eigenvalue weighted by Crippen LogP contribution is 2.28. The quantitative estimate of drug-likeness (QED) is 0.890. The first-order chi connectivity index (χ1) is 8.13. The maximum Gasteiger partial charge on any atom is 0.132 e. The minimum Gasteiger partial charge on any atom is -0.469 e. The van der Waals surface area contributed by atoms with E-state index in [1.165, 1.54) is 12.3 Å². The Hall–Kier alpha value is -1.68. The van der Waals surface area contributed by atoms with E-state index in [1.54, 1.807) is 6.07 Å². The van der Waals surface area contributed by atoms with Gasteiger partial charge in [0.15, 0.2) is 0 Å². The third-order valence-electron chi connectivity index (χ3n) is 2.65. The second kappa shape index (κ2) is 4.67. The van der Waals surface area contributed by atoms with Crippen LogP contribution in [0.5, 0.6) is 0 Å². The van der Waals surface area contributed by atoms with E-state index in [0.29, 0.717) is 17.7 Å². The van der Waals surface area contributed by atoms with E-state index in [1.807, 2.05) is 6.92 Å². The average molecular weight is 238 g/mol. The molecule has 1 aromatic carbocycles. The number of benzene rings is 1. The number of aliphatic hydroxyl groups is 1. The van der Waals surface area contributed by atoms with Gasteiger partial charge in [0.1, 0.15) is 23.5 Å². The van der Waals surface area contributed by atoms with Gasteiger partial charge in [-0.15, -0.1) is 0 Å². The van der Waals surface area contributed by atoms with Gasteiger partial charge in [-0.05, 0) is 12.1 Å². The number of aliphatic hydroxyl groups excluding tert-OH is 1. The SMILES string of the molecule is CCc1occc1C(O)c1ccc(F)cc1F. The van der Waals surface area contributed by atoms with Gasteiger partial charge < -0.3 is 9.52 Å². The van der Waals surface area contributed by atoms with Gasteiger partial charge in [-0.1, -0.05) is 13.0 Å². The summed E-state index contributed by atoms with van der Waals surface area (Å²) in [7, 11) is 0. The van der Waals surface area contributed by atoms with E-state index < -0.39 is 17.7 Å². The largest absolute Gasteiger partial charge is 0.469 e. The lowest BCUT2D eigenvalue weighted by Crippen LogP contribution is -2.04. The molecule has 2 aromatic rings. The van der Waals surface area contributed by atoms with Crippen LogP contribution in [0.2, 0.25) is 0 Å². The molecule has 0 saturated heterocycles. The summed E-state index contributed by atoms with van der Waals surface area (Å²) in [6, 6.07) is 4.70. The van der Waals surface area contributed by atoms with Crippen LogP contribution < -0.4 is 0 Å². The lowest BCUT2D eigenvalue weighted by Gasteiger charge is -2.11. The van der Waals surface area contributed by atoms with Gasteiger partial charge in [-0.2, -0.15) is 0 Å². The summed E-state index contributed by atoms with van der Waals surface area (Å²) in [6.45, 7) is 1.87. The monoisotopic (exact) mass is 238 g/mol. The molecule has 90 valence electrons. The molecular formula is C13H12F2O2.